The molecule has 0 unspecified atom stereocenters. The van der Waals surface area contributed by atoms with E-state index in [9.17, 15) is 10.1 Å². The predicted octanol–water partition coefficient (Wildman–Crippen LogP) is 5.04. The standard InChI is InChI=1S/C20H20N2O2/c1-12-9-13(2)19-16-7-4-8-17(16)20(21-18(19)10-12)14-5-3-6-15(11-14)22(23)24/h3-7,9-11,16-17,20-21H,8H2,1-2H3/t16-,17+,20+/m1/s1. The summed E-state index contributed by atoms with van der Waals surface area (Å²) in [5.41, 5.74) is 6.24. The van der Waals surface area contributed by atoms with Gasteiger partial charge in [-0.1, -0.05) is 30.4 Å². The summed E-state index contributed by atoms with van der Waals surface area (Å²) >= 11 is 0. The molecule has 2 aromatic carbocycles. The van der Waals surface area contributed by atoms with Crippen molar-refractivity contribution in [2.45, 2.75) is 32.2 Å². The topological polar surface area (TPSA) is 55.2 Å². The summed E-state index contributed by atoms with van der Waals surface area (Å²) in [6.45, 7) is 4.28. The van der Waals surface area contributed by atoms with Crippen molar-refractivity contribution in [1.29, 1.82) is 0 Å². The highest BCUT2D eigenvalue weighted by molar-refractivity contribution is 5.64. The lowest BCUT2D eigenvalue weighted by atomic mass is 9.75. The summed E-state index contributed by atoms with van der Waals surface area (Å²) in [4.78, 5) is 10.8. The summed E-state index contributed by atoms with van der Waals surface area (Å²) in [5, 5.41) is 14.8. The van der Waals surface area contributed by atoms with E-state index in [1.807, 2.05) is 6.07 Å². The summed E-state index contributed by atoms with van der Waals surface area (Å²) in [6.07, 6.45) is 5.55. The number of allylic oxidation sites excluding steroid dienone is 2. The van der Waals surface area contributed by atoms with Gasteiger partial charge in [0.25, 0.3) is 5.69 Å². The van der Waals surface area contributed by atoms with Gasteiger partial charge in [0.1, 0.15) is 0 Å². The normalized spacial score (nSPS) is 24.2. The quantitative estimate of drug-likeness (QED) is 0.479. The third-order valence-electron chi connectivity index (χ3n) is 5.26. The molecule has 122 valence electrons. The van der Waals surface area contributed by atoms with E-state index < -0.39 is 0 Å². The first-order chi connectivity index (χ1) is 11.5. The number of nitrogens with zero attached hydrogens (tertiary/aromatic N) is 1. The number of anilines is 1. The van der Waals surface area contributed by atoms with Crippen LogP contribution in [-0.2, 0) is 0 Å². The molecule has 0 aromatic heterocycles. The van der Waals surface area contributed by atoms with E-state index in [1.54, 1.807) is 18.2 Å². The van der Waals surface area contributed by atoms with Gasteiger partial charge in [-0.25, -0.2) is 0 Å². The molecule has 2 aliphatic rings. The third kappa shape index (κ3) is 2.30. The number of nitro groups is 1. The van der Waals surface area contributed by atoms with Crippen LogP contribution in [0.15, 0.2) is 48.6 Å². The van der Waals surface area contributed by atoms with Crippen molar-refractivity contribution in [3.63, 3.8) is 0 Å². The molecule has 0 fully saturated rings. The number of hydrogen-bond acceptors (Lipinski definition) is 3. The van der Waals surface area contributed by atoms with Crippen molar-refractivity contribution < 1.29 is 4.92 Å². The molecule has 0 saturated heterocycles. The van der Waals surface area contributed by atoms with Gasteiger partial charge in [-0.15, -0.1) is 0 Å². The van der Waals surface area contributed by atoms with Gasteiger partial charge in [-0.05, 0) is 54.5 Å². The van der Waals surface area contributed by atoms with Crippen molar-refractivity contribution in [3.05, 3.63) is 80.9 Å². The smallest absolute Gasteiger partial charge is 0.269 e. The van der Waals surface area contributed by atoms with Crippen LogP contribution in [0.25, 0.3) is 0 Å². The summed E-state index contributed by atoms with van der Waals surface area (Å²) in [5.74, 6) is 0.784. The van der Waals surface area contributed by atoms with Crippen LogP contribution in [0.5, 0.6) is 0 Å². The maximum Gasteiger partial charge on any atom is 0.269 e. The lowest BCUT2D eigenvalue weighted by Crippen LogP contribution is -2.29. The fourth-order valence-corrected chi connectivity index (χ4v) is 4.30. The number of rotatable bonds is 2. The zero-order valence-corrected chi connectivity index (χ0v) is 13.8. The molecule has 0 bridgehead atoms. The molecule has 3 atom stereocenters. The van der Waals surface area contributed by atoms with Crippen LogP contribution in [-0.4, -0.2) is 4.92 Å². The molecule has 0 spiro atoms. The number of fused-ring (bicyclic) bond motifs is 3. The van der Waals surface area contributed by atoms with Gasteiger partial charge in [0.15, 0.2) is 0 Å². The molecular weight excluding hydrogens is 300 g/mol. The highest BCUT2D eigenvalue weighted by Gasteiger charge is 2.39. The van der Waals surface area contributed by atoms with E-state index in [0.29, 0.717) is 11.8 Å². The van der Waals surface area contributed by atoms with Gasteiger partial charge in [0.05, 0.1) is 11.0 Å². The molecule has 0 saturated carbocycles. The number of nitro benzene ring substituents is 1. The Morgan fingerprint density at radius 3 is 2.83 bits per heavy atom. The first-order valence-electron chi connectivity index (χ1n) is 8.33. The Morgan fingerprint density at radius 2 is 2.04 bits per heavy atom. The Morgan fingerprint density at radius 1 is 1.21 bits per heavy atom. The van der Waals surface area contributed by atoms with Crippen LogP contribution in [0.4, 0.5) is 11.4 Å². The molecule has 1 N–H and O–H groups in total. The van der Waals surface area contributed by atoms with Crippen LogP contribution in [0.1, 0.15) is 40.6 Å². The van der Waals surface area contributed by atoms with Crippen LogP contribution < -0.4 is 5.32 Å². The number of nitrogens with one attached hydrogen (secondary N) is 1. The van der Waals surface area contributed by atoms with E-state index in [1.165, 1.54) is 16.7 Å². The second kappa shape index (κ2) is 5.48. The van der Waals surface area contributed by atoms with Crippen molar-refractivity contribution in [1.82, 2.24) is 0 Å². The fourth-order valence-electron chi connectivity index (χ4n) is 4.30. The van der Waals surface area contributed by atoms with Crippen molar-refractivity contribution in [2.75, 3.05) is 5.32 Å². The molecule has 24 heavy (non-hydrogen) atoms. The Bertz CT molecular complexity index is 857. The molecule has 1 aliphatic carbocycles. The van der Waals surface area contributed by atoms with E-state index >= 15 is 0 Å². The van der Waals surface area contributed by atoms with E-state index in [-0.39, 0.29) is 16.7 Å². The lowest BCUT2D eigenvalue weighted by molar-refractivity contribution is -0.384. The monoisotopic (exact) mass is 320 g/mol. The minimum absolute atomic E-state index is 0.0959. The minimum Gasteiger partial charge on any atom is -0.378 e. The van der Waals surface area contributed by atoms with Gasteiger partial charge in [-0.3, -0.25) is 10.1 Å². The van der Waals surface area contributed by atoms with E-state index in [2.05, 4.69) is 43.4 Å². The van der Waals surface area contributed by atoms with Crippen LogP contribution >= 0.6 is 0 Å². The van der Waals surface area contributed by atoms with Crippen LogP contribution in [0, 0.1) is 29.9 Å². The summed E-state index contributed by atoms with van der Waals surface area (Å²) < 4.78 is 0. The first kappa shape index (κ1) is 14.9. The molecule has 4 heteroatoms. The molecule has 1 heterocycles. The zero-order valence-electron chi connectivity index (χ0n) is 13.8. The minimum atomic E-state index is -0.320. The number of non-ortho nitro benzene ring substituents is 1. The number of benzene rings is 2. The predicted molar refractivity (Wildman–Crippen MR) is 95.4 cm³/mol. The number of hydrogen-bond donors (Lipinski definition) is 1. The largest absolute Gasteiger partial charge is 0.378 e. The maximum absolute atomic E-state index is 11.1. The third-order valence-corrected chi connectivity index (χ3v) is 5.26. The Kier molecular flexibility index (Phi) is 3.41. The molecule has 4 rings (SSSR count). The van der Waals surface area contributed by atoms with Crippen LogP contribution in [0.2, 0.25) is 0 Å². The SMILES string of the molecule is Cc1cc(C)c2c(c1)N[C@@H](c1cccc([N+](=O)[O-])c1)[C@H]1CC=C[C@@H]21. The average Bonchev–Trinajstić information content (AvgIpc) is 3.02. The second-order valence-electron chi connectivity index (χ2n) is 6.87. The Balaban J connectivity index is 1.81. The summed E-state index contributed by atoms with van der Waals surface area (Å²) in [6, 6.07) is 11.6. The van der Waals surface area contributed by atoms with Crippen molar-refractivity contribution in [3.8, 4) is 0 Å². The van der Waals surface area contributed by atoms with Gasteiger partial charge >= 0.3 is 0 Å². The number of aryl methyl sites for hydroxylation is 2. The highest BCUT2D eigenvalue weighted by Crippen LogP contribution is 2.51. The highest BCUT2D eigenvalue weighted by atomic mass is 16.6. The molecule has 2 aromatic rings. The van der Waals surface area contributed by atoms with Crippen LogP contribution in [0.3, 0.4) is 0 Å². The van der Waals surface area contributed by atoms with Gasteiger partial charge in [0, 0.05) is 23.7 Å². The average molecular weight is 320 g/mol. The van der Waals surface area contributed by atoms with E-state index in [0.717, 1.165) is 17.7 Å². The molecule has 4 nitrogen and oxygen atoms in total. The van der Waals surface area contributed by atoms with Crippen molar-refractivity contribution in [2.24, 2.45) is 5.92 Å². The fraction of sp³-hybridized carbons (Fsp3) is 0.300. The van der Waals surface area contributed by atoms with Gasteiger partial charge in [0.2, 0.25) is 0 Å². The maximum atomic E-state index is 11.1. The van der Waals surface area contributed by atoms with E-state index in [4.69, 9.17) is 0 Å². The summed E-state index contributed by atoms with van der Waals surface area (Å²) in [7, 11) is 0. The van der Waals surface area contributed by atoms with Crippen molar-refractivity contribution >= 4 is 11.4 Å². The Labute approximate surface area is 141 Å². The van der Waals surface area contributed by atoms with Gasteiger partial charge in [-0.2, -0.15) is 0 Å². The Hall–Kier alpha value is -2.62. The molecular formula is C20H20N2O2. The lowest BCUT2D eigenvalue weighted by Gasteiger charge is -2.38. The first-order valence-corrected chi connectivity index (χ1v) is 8.33. The molecule has 0 amide bonds. The second-order valence-corrected chi connectivity index (χ2v) is 6.87. The molecule has 0 radical (unpaired) electrons. The molecule has 1 aliphatic heterocycles. The zero-order chi connectivity index (χ0) is 16.8. The van der Waals surface area contributed by atoms with Gasteiger partial charge < -0.3 is 5.32 Å².